The van der Waals surface area contributed by atoms with Crippen LogP contribution in [-0.4, -0.2) is 36.3 Å². The first-order valence-electron chi connectivity index (χ1n) is 5.42. The summed E-state index contributed by atoms with van der Waals surface area (Å²) < 4.78 is 35.5. The van der Waals surface area contributed by atoms with Gasteiger partial charge in [0.05, 0.1) is 0 Å². The van der Waals surface area contributed by atoms with E-state index in [0.29, 0.717) is 16.7 Å². The minimum atomic E-state index is -3.80. The van der Waals surface area contributed by atoms with Crippen molar-refractivity contribution in [3.8, 4) is 0 Å². The van der Waals surface area contributed by atoms with Crippen molar-refractivity contribution in [3.63, 3.8) is 0 Å². The van der Waals surface area contributed by atoms with Gasteiger partial charge in [0.15, 0.2) is 0 Å². The number of nitrogens with one attached hydrogen (secondary N) is 1. The number of hydrogen-bond donors (Lipinski definition) is 1. The maximum atomic E-state index is 12.3. The zero-order valence-electron chi connectivity index (χ0n) is 9.82. The Morgan fingerprint density at radius 3 is 2.80 bits per heavy atom. The number of benzene rings is 1. The third-order valence-corrected chi connectivity index (χ3v) is 5.49. The van der Waals surface area contributed by atoms with Crippen LogP contribution in [-0.2, 0) is 10.0 Å². The molecule has 102 valence electrons. The predicted octanol–water partition coefficient (Wildman–Crippen LogP) is 1.54. The standard InChI is InChI=1S/C11H7ClN4O2SSe/c12-11-9(5-2-6-13-11)19(17,18)14-7-3-1-4-8-10(7)16-20-15-8/h1-6,14H. The van der Waals surface area contributed by atoms with Crippen LogP contribution in [0.5, 0.6) is 0 Å². The van der Waals surface area contributed by atoms with Crippen LogP contribution in [0.25, 0.3) is 11.0 Å². The summed E-state index contributed by atoms with van der Waals surface area (Å²) >= 11 is 5.60. The summed E-state index contributed by atoms with van der Waals surface area (Å²) in [5.74, 6) is 0. The van der Waals surface area contributed by atoms with Crippen LogP contribution in [0.15, 0.2) is 41.4 Å². The van der Waals surface area contributed by atoms with E-state index in [4.69, 9.17) is 11.6 Å². The Bertz CT molecular complexity index is 881. The molecule has 2 aromatic heterocycles. The van der Waals surface area contributed by atoms with Gasteiger partial charge in [-0.15, -0.1) is 0 Å². The molecule has 0 aliphatic rings. The molecule has 0 aliphatic heterocycles. The third kappa shape index (κ3) is 2.43. The number of halogens is 1. The van der Waals surface area contributed by atoms with Crippen LogP contribution < -0.4 is 4.72 Å². The van der Waals surface area contributed by atoms with Crippen LogP contribution in [0.4, 0.5) is 5.69 Å². The molecule has 0 fully saturated rings. The normalized spacial score (nSPS) is 11.7. The number of anilines is 1. The van der Waals surface area contributed by atoms with Gasteiger partial charge in [-0.2, -0.15) is 0 Å². The van der Waals surface area contributed by atoms with Crippen molar-refractivity contribution in [1.82, 2.24) is 12.9 Å². The number of hydrogen-bond acceptors (Lipinski definition) is 5. The Morgan fingerprint density at radius 2 is 2.00 bits per heavy atom. The molecule has 1 aromatic carbocycles. The van der Waals surface area contributed by atoms with Crippen LogP contribution >= 0.6 is 11.6 Å². The Labute approximate surface area is 126 Å². The van der Waals surface area contributed by atoms with Crippen molar-refractivity contribution in [2.24, 2.45) is 0 Å². The van der Waals surface area contributed by atoms with E-state index in [9.17, 15) is 8.42 Å². The summed E-state index contributed by atoms with van der Waals surface area (Å²) in [6, 6.07) is 8.07. The number of pyridine rings is 1. The predicted molar refractivity (Wildman–Crippen MR) is 76.5 cm³/mol. The SMILES string of the molecule is O=S(=O)(Nc1cccc2n[se]nc12)c1cccnc1Cl. The number of sulfonamides is 1. The molecule has 2 heterocycles. The minimum absolute atomic E-state index is 0.0697. The van der Waals surface area contributed by atoms with E-state index < -0.39 is 10.0 Å². The molecular weight excluding hydrogens is 367 g/mol. The topological polar surface area (TPSA) is 84.8 Å². The third-order valence-electron chi connectivity index (χ3n) is 2.54. The second kappa shape index (κ2) is 5.14. The maximum absolute atomic E-state index is 12.3. The van der Waals surface area contributed by atoms with Crippen LogP contribution in [0.2, 0.25) is 5.15 Å². The van der Waals surface area contributed by atoms with Gasteiger partial charge in [-0.25, -0.2) is 0 Å². The fourth-order valence-electron chi connectivity index (χ4n) is 1.66. The average Bonchev–Trinajstić information content (AvgIpc) is 2.88. The molecule has 6 nitrogen and oxygen atoms in total. The zero-order chi connectivity index (χ0) is 14.2. The molecule has 3 aromatic rings. The molecule has 0 spiro atoms. The van der Waals surface area contributed by atoms with Crippen molar-refractivity contribution in [1.29, 1.82) is 0 Å². The molecule has 9 heteroatoms. The van der Waals surface area contributed by atoms with Gasteiger partial charge in [0.2, 0.25) is 0 Å². The van der Waals surface area contributed by atoms with Crippen molar-refractivity contribution in [2.75, 3.05) is 4.72 Å². The van der Waals surface area contributed by atoms with Crippen molar-refractivity contribution in [3.05, 3.63) is 41.7 Å². The summed E-state index contributed by atoms with van der Waals surface area (Å²) in [4.78, 5) is 3.70. The molecule has 0 saturated heterocycles. The molecule has 0 saturated carbocycles. The van der Waals surface area contributed by atoms with Crippen LogP contribution in [0.1, 0.15) is 0 Å². The van der Waals surface area contributed by atoms with E-state index in [1.165, 1.54) is 18.3 Å². The van der Waals surface area contributed by atoms with Crippen molar-refractivity contribution >= 4 is 53.3 Å². The monoisotopic (exact) mass is 374 g/mol. The Kier molecular flexibility index (Phi) is 3.47. The summed E-state index contributed by atoms with van der Waals surface area (Å²) in [6.45, 7) is 0. The van der Waals surface area contributed by atoms with E-state index in [-0.39, 0.29) is 25.0 Å². The molecule has 0 atom stereocenters. The summed E-state index contributed by atoms with van der Waals surface area (Å²) in [5, 5.41) is -0.0709. The quantitative estimate of drug-likeness (QED) is 0.556. The number of fused-ring (bicyclic) bond motifs is 1. The van der Waals surface area contributed by atoms with Gasteiger partial charge < -0.3 is 0 Å². The molecule has 0 radical (unpaired) electrons. The average molecular weight is 374 g/mol. The molecule has 0 amide bonds. The number of aromatic nitrogens is 3. The van der Waals surface area contributed by atoms with Gasteiger partial charge in [-0.3, -0.25) is 0 Å². The molecule has 0 unspecified atom stereocenters. The number of nitrogens with zero attached hydrogens (tertiary/aromatic N) is 3. The van der Waals surface area contributed by atoms with E-state index in [0.717, 1.165) is 0 Å². The van der Waals surface area contributed by atoms with Gasteiger partial charge in [-0.1, -0.05) is 0 Å². The van der Waals surface area contributed by atoms with Gasteiger partial charge >= 0.3 is 126 Å². The first-order chi connectivity index (χ1) is 9.58. The van der Waals surface area contributed by atoms with Gasteiger partial charge in [0.1, 0.15) is 0 Å². The molecule has 0 aliphatic carbocycles. The molecule has 1 N–H and O–H groups in total. The van der Waals surface area contributed by atoms with Crippen molar-refractivity contribution in [2.45, 2.75) is 4.90 Å². The fraction of sp³-hybridized carbons (Fsp3) is 0. The summed E-state index contributed by atoms with van der Waals surface area (Å²) in [5.41, 5.74) is 1.66. The van der Waals surface area contributed by atoms with Gasteiger partial charge in [0, 0.05) is 0 Å². The van der Waals surface area contributed by atoms with E-state index >= 15 is 0 Å². The molecule has 0 bridgehead atoms. The first-order valence-corrected chi connectivity index (χ1v) is 8.82. The van der Waals surface area contributed by atoms with Gasteiger partial charge in [0.25, 0.3) is 0 Å². The fourth-order valence-corrected chi connectivity index (χ4v) is 4.33. The molecule has 3 rings (SSSR count). The van der Waals surface area contributed by atoms with Crippen LogP contribution in [0, 0.1) is 0 Å². The zero-order valence-corrected chi connectivity index (χ0v) is 13.1. The van der Waals surface area contributed by atoms with E-state index in [1.807, 2.05) is 0 Å². The first kappa shape index (κ1) is 13.5. The van der Waals surface area contributed by atoms with Crippen molar-refractivity contribution < 1.29 is 8.42 Å². The molecule has 20 heavy (non-hydrogen) atoms. The Hall–Kier alpha value is -1.47. The Balaban J connectivity index is 2.06. The molecular formula is C11H7ClN4O2SSe. The second-order valence-corrected chi connectivity index (χ2v) is 6.95. The van der Waals surface area contributed by atoms with E-state index in [2.05, 4.69) is 17.7 Å². The van der Waals surface area contributed by atoms with E-state index in [1.54, 1.807) is 18.2 Å². The van der Waals surface area contributed by atoms with Gasteiger partial charge in [-0.05, 0) is 0 Å². The second-order valence-electron chi connectivity index (χ2n) is 3.84. The summed E-state index contributed by atoms with van der Waals surface area (Å²) in [6.07, 6.45) is 1.43. The Morgan fingerprint density at radius 1 is 1.15 bits per heavy atom. The van der Waals surface area contributed by atoms with Crippen LogP contribution in [0.3, 0.4) is 0 Å². The number of rotatable bonds is 3. The summed E-state index contributed by atoms with van der Waals surface area (Å²) in [7, 11) is -3.80.